The Labute approximate surface area is 490 Å². The molecule has 80 heavy (non-hydrogen) atoms. The maximum Gasteiger partial charge on any atom is 0.472 e. The molecule has 0 bridgehead atoms. The topological polar surface area (TPSA) is 155 Å². The van der Waals surface area contributed by atoms with E-state index in [9.17, 15) is 28.9 Å². The summed E-state index contributed by atoms with van der Waals surface area (Å²) in [4.78, 5) is 48.8. The minimum Gasteiger partial charge on any atom is -0.462 e. The Balaban J connectivity index is 4.75. The minimum atomic E-state index is -4.77. The molecular formula is C68H119O11P. The zero-order valence-electron chi connectivity index (χ0n) is 51.3. The average Bonchev–Trinajstić information content (AvgIpc) is 3.45. The fourth-order valence-electron chi connectivity index (χ4n) is 8.89. The summed E-state index contributed by atoms with van der Waals surface area (Å²) in [5.41, 5.74) is 0. The van der Waals surface area contributed by atoms with Gasteiger partial charge in [0.1, 0.15) is 12.7 Å². The Hall–Kier alpha value is -3.34. The van der Waals surface area contributed by atoms with Gasteiger partial charge >= 0.3 is 25.7 Å². The van der Waals surface area contributed by atoms with Crippen LogP contribution in [0.25, 0.3) is 0 Å². The third kappa shape index (κ3) is 59.3. The van der Waals surface area contributed by atoms with Crippen molar-refractivity contribution >= 4 is 25.7 Å². The number of unbranched alkanes of at least 4 members (excludes halogenated alkanes) is 29. The number of allylic oxidation sites excluding steroid dienone is 14. The Kier molecular flexibility index (Phi) is 59.1. The molecule has 0 aliphatic rings. The molecule has 12 heteroatoms. The molecule has 0 aromatic rings. The van der Waals surface area contributed by atoms with Crippen LogP contribution in [0.3, 0.4) is 0 Å². The molecule has 0 heterocycles. The highest BCUT2D eigenvalue weighted by molar-refractivity contribution is 7.47. The van der Waals surface area contributed by atoms with Crippen LogP contribution in [0.4, 0.5) is 0 Å². The summed E-state index contributed by atoms with van der Waals surface area (Å²) in [6.45, 7) is 4.51. The number of carbonyl (C=O) groups is 3. The third-order valence-corrected chi connectivity index (χ3v) is 14.8. The Morgan fingerprint density at radius 2 is 0.650 bits per heavy atom. The Bertz CT molecular complexity index is 1670. The van der Waals surface area contributed by atoms with Gasteiger partial charge in [0.15, 0.2) is 6.10 Å². The van der Waals surface area contributed by atoms with E-state index in [1.165, 1.54) is 122 Å². The molecule has 0 aromatic heterocycles. The normalized spacial score (nSPS) is 13.8. The molecule has 0 saturated heterocycles. The number of carbonyl (C=O) groups excluding carboxylic acids is 3. The van der Waals surface area contributed by atoms with Crippen molar-refractivity contribution in [3.8, 4) is 0 Å². The molecule has 0 spiro atoms. The van der Waals surface area contributed by atoms with Crippen molar-refractivity contribution in [2.45, 2.75) is 303 Å². The van der Waals surface area contributed by atoms with Crippen molar-refractivity contribution in [3.63, 3.8) is 0 Å². The monoisotopic (exact) mass is 1140 g/mol. The van der Waals surface area contributed by atoms with Gasteiger partial charge < -0.3 is 24.2 Å². The second-order valence-electron chi connectivity index (χ2n) is 21.6. The average molecular weight is 1140 g/mol. The number of aliphatic hydroxyl groups excluding tert-OH is 1. The smallest absolute Gasteiger partial charge is 0.462 e. The number of hydrogen-bond acceptors (Lipinski definition) is 10. The van der Waals surface area contributed by atoms with Crippen LogP contribution in [0.2, 0.25) is 0 Å². The number of phosphoric acid groups is 1. The van der Waals surface area contributed by atoms with Crippen LogP contribution in [0.15, 0.2) is 85.1 Å². The maximum absolute atomic E-state index is 13.0. The number of rotatable bonds is 60. The van der Waals surface area contributed by atoms with E-state index in [0.717, 1.165) is 109 Å². The molecular weight excluding hydrogens is 1020 g/mol. The standard InChI is InChI=1S/C68H119O11P/c1-4-7-10-13-16-19-22-25-28-31-32-35-38-41-44-47-50-53-56-59-68(72)79-65(61-75-66(70)57-54-51-48-45-42-39-36-33-29-26-23-20-17-14-11-8-5-2)63-77-80(73,74)76-62-64(60-69)78-67(71)58-55-52-49-46-43-40-37-34-30-27-24-21-18-15-12-9-6-3/h7,10,16,18-19,21,25,27-28,30,32,35,41,44,64-65,69H,4-6,8-9,11-15,17,20,22-24,26,29,31,33-34,36-40,42-43,45-63H2,1-3H3,(H,73,74)/b10-7-,19-16-,21-18-,28-25-,30-27-,35-32-,44-41-. The molecule has 11 nitrogen and oxygen atoms in total. The lowest BCUT2D eigenvalue weighted by Crippen LogP contribution is -2.30. The molecule has 0 aliphatic heterocycles. The van der Waals surface area contributed by atoms with Crippen LogP contribution in [0.5, 0.6) is 0 Å². The van der Waals surface area contributed by atoms with Crippen molar-refractivity contribution in [1.82, 2.24) is 0 Å². The predicted molar refractivity (Wildman–Crippen MR) is 334 cm³/mol. The highest BCUT2D eigenvalue weighted by atomic mass is 31.2. The number of esters is 3. The fraction of sp³-hybridized carbons (Fsp3) is 0.750. The Morgan fingerprint density at radius 3 is 1.04 bits per heavy atom. The summed E-state index contributed by atoms with van der Waals surface area (Å²) in [5, 5.41) is 9.86. The number of phosphoric ester groups is 1. The second kappa shape index (κ2) is 61.7. The summed E-state index contributed by atoms with van der Waals surface area (Å²) in [5.74, 6) is -1.50. The van der Waals surface area contributed by atoms with E-state index in [0.29, 0.717) is 19.3 Å². The Morgan fingerprint density at radius 1 is 0.362 bits per heavy atom. The SMILES string of the molecule is CC/C=C\C/C=C\C/C=C\C/C=C\C/C=C\CCCCCC(=O)OC(COC(=O)CCCCCCCCCCCCCCCCCCC)COP(=O)(O)OCC(CO)OC(=O)CCCCCCCCC/C=C\C/C=C\CCCCC. The first-order valence-electron chi connectivity index (χ1n) is 32.5. The number of aliphatic hydroxyl groups is 1. The molecule has 0 amide bonds. The molecule has 2 N–H and O–H groups in total. The first-order chi connectivity index (χ1) is 39.2. The molecule has 0 rings (SSSR count). The minimum absolute atomic E-state index is 0.127. The highest BCUT2D eigenvalue weighted by Gasteiger charge is 2.28. The summed E-state index contributed by atoms with van der Waals surface area (Å²) < 4.78 is 39.7. The van der Waals surface area contributed by atoms with Gasteiger partial charge in [0.05, 0.1) is 19.8 Å². The van der Waals surface area contributed by atoms with Gasteiger partial charge in [0.25, 0.3) is 0 Å². The van der Waals surface area contributed by atoms with E-state index in [2.05, 4.69) is 106 Å². The summed E-state index contributed by atoms with van der Waals surface area (Å²) in [6.07, 6.45) is 72.4. The van der Waals surface area contributed by atoms with E-state index < -0.39 is 57.8 Å². The van der Waals surface area contributed by atoms with Crippen LogP contribution in [0, 0.1) is 0 Å². The molecule has 462 valence electrons. The van der Waals surface area contributed by atoms with E-state index in [1.54, 1.807) is 0 Å². The largest absolute Gasteiger partial charge is 0.472 e. The van der Waals surface area contributed by atoms with Gasteiger partial charge in [-0.1, -0.05) is 260 Å². The van der Waals surface area contributed by atoms with Gasteiger partial charge in [-0.3, -0.25) is 23.4 Å². The lowest BCUT2D eigenvalue weighted by atomic mass is 10.0. The first kappa shape index (κ1) is 76.7. The third-order valence-electron chi connectivity index (χ3n) is 13.8. The van der Waals surface area contributed by atoms with Gasteiger partial charge in [-0.05, 0) is 96.3 Å². The molecule has 3 atom stereocenters. The van der Waals surface area contributed by atoms with E-state index in [-0.39, 0.29) is 25.9 Å². The van der Waals surface area contributed by atoms with Crippen molar-refractivity contribution in [1.29, 1.82) is 0 Å². The fourth-order valence-corrected chi connectivity index (χ4v) is 9.67. The van der Waals surface area contributed by atoms with Gasteiger partial charge in [-0.2, -0.15) is 0 Å². The zero-order chi connectivity index (χ0) is 58.3. The summed E-state index contributed by atoms with van der Waals surface area (Å²) in [6, 6.07) is 0. The van der Waals surface area contributed by atoms with E-state index >= 15 is 0 Å². The van der Waals surface area contributed by atoms with Crippen LogP contribution >= 0.6 is 7.82 Å². The van der Waals surface area contributed by atoms with Crippen molar-refractivity contribution < 1.29 is 52.2 Å². The molecule has 0 radical (unpaired) electrons. The molecule has 0 aliphatic carbocycles. The lowest BCUT2D eigenvalue weighted by Gasteiger charge is -2.21. The van der Waals surface area contributed by atoms with E-state index in [1.807, 2.05) is 0 Å². The second-order valence-corrected chi connectivity index (χ2v) is 23.0. The van der Waals surface area contributed by atoms with Gasteiger partial charge in [0.2, 0.25) is 0 Å². The zero-order valence-corrected chi connectivity index (χ0v) is 52.2. The van der Waals surface area contributed by atoms with Crippen LogP contribution in [-0.4, -0.2) is 66.5 Å². The quantitative estimate of drug-likeness (QED) is 0.0197. The maximum atomic E-state index is 13.0. The van der Waals surface area contributed by atoms with Gasteiger partial charge in [-0.15, -0.1) is 0 Å². The van der Waals surface area contributed by atoms with Crippen molar-refractivity contribution in [2.24, 2.45) is 0 Å². The summed E-state index contributed by atoms with van der Waals surface area (Å²) in [7, 11) is -4.77. The molecule has 3 unspecified atom stereocenters. The number of hydrogen-bond donors (Lipinski definition) is 2. The predicted octanol–water partition coefficient (Wildman–Crippen LogP) is 19.8. The van der Waals surface area contributed by atoms with Crippen molar-refractivity contribution in [2.75, 3.05) is 26.4 Å². The van der Waals surface area contributed by atoms with Crippen LogP contribution in [-0.2, 0) is 42.2 Å². The summed E-state index contributed by atoms with van der Waals surface area (Å²) >= 11 is 0. The molecule has 0 saturated carbocycles. The molecule has 0 aromatic carbocycles. The van der Waals surface area contributed by atoms with Crippen molar-refractivity contribution in [3.05, 3.63) is 85.1 Å². The van der Waals surface area contributed by atoms with E-state index in [4.69, 9.17) is 23.3 Å². The van der Waals surface area contributed by atoms with Gasteiger partial charge in [0, 0.05) is 19.3 Å². The first-order valence-corrected chi connectivity index (χ1v) is 34.0. The lowest BCUT2D eigenvalue weighted by molar-refractivity contribution is -0.161. The number of ether oxygens (including phenoxy) is 3. The van der Waals surface area contributed by atoms with Crippen LogP contribution in [0.1, 0.15) is 290 Å². The molecule has 0 fully saturated rings. The van der Waals surface area contributed by atoms with Crippen LogP contribution < -0.4 is 0 Å². The van der Waals surface area contributed by atoms with Gasteiger partial charge in [-0.25, -0.2) is 4.57 Å². The highest BCUT2D eigenvalue weighted by Crippen LogP contribution is 2.43.